The monoisotopic (exact) mass is 331 g/mol. The van der Waals surface area contributed by atoms with Gasteiger partial charge in [-0.05, 0) is 43.5 Å². The number of amides is 1. The van der Waals surface area contributed by atoms with Crippen molar-refractivity contribution in [3.8, 4) is 11.5 Å². The molecule has 1 amide bonds. The zero-order valence-electron chi connectivity index (χ0n) is 14.5. The molecule has 0 spiro atoms. The topological polar surface area (TPSA) is 60.7 Å². The van der Waals surface area contributed by atoms with Crippen LogP contribution in [0, 0.1) is 0 Å². The number of furan rings is 1. The second-order valence-corrected chi connectivity index (χ2v) is 5.61. The summed E-state index contributed by atoms with van der Waals surface area (Å²) in [5, 5.41) is 2.95. The minimum Gasteiger partial charge on any atom is -0.490 e. The fourth-order valence-electron chi connectivity index (χ4n) is 2.21. The van der Waals surface area contributed by atoms with Gasteiger partial charge in [0, 0.05) is 0 Å². The van der Waals surface area contributed by atoms with E-state index in [4.69, 9.17) is 13.9 Å². The molecule has 5 nitrogen and oxygen atoms in total. The lowest BCUT2D eigenvalue weighted by atomic mass is 10.1. The molecule has 0 fully saturated rings. The number of rotatable bonds is 9. The Balaban J connectivity index is 2.11. The summed E-state index contributed by atoms with van der Waals surface area (Å²) in [4.78, 5) is 12.1. The van der Waals surface area contributed by atoms with E-state index in [9.17, 15) is 4.79 Å². The van der Waals surface area contributed by atoms with Crippen molar-refractivity contribution in [2.75, 3.05) is 13.2 Å². The summed E-state index contributed by atoms with van der Waals surface area (Å²) in [6.45, 7) is 7.33. The first kappa shape index (κ1) is 17.9. The van der Waals surface area contributed by atoms with E-state index >= 15 is 0 Å². The van der Waals surface area contributed by atoms with Crippen LogP contribution in [0.25, 0.3) is 0 Å². The molecule has 1 aromatic heterocycles. The Bertz CT molecular complexity index is 637. The predicted molar refractivity (Wildman–Crippen MR) is 92.6 cm³/mol. The van der Waals surface area contributed by atoms with Crippen molar-refractivity contribution < 1.29 is 18.7 Å². The number of carbonyl (C=O) groups excluding carboxylic acids is 1. The molecule has 130 valence electrons. The van der Waals surface area contributed by atoms with Crippen LogP contribution in [0.3, 0.4) is 0 Å². The van der Waals surface area contributed by atoms with Crippen molar-refractivity contribution >= 4 is 5.91 Å². The molecule has 0 aliphatic carbocycles. The molecule has 24 heavy (non-hydrogen) atoms. The van der Waals surface area contributed by atoms with E-state index < -0.39 is 0 Å². The molecule has 1 unspecified atom stereocenters. The quantitative estimate of drug-likeness (QED) is 0.742. The van der Waals surface area contributed by atoms with Gasteiger partial charge in [0.25, 0.3) is 5.91 Å². The lowest BCUT2D eigenvalue weighted by Crippen LogP contribution is -2.26. The first-order valence-electron chi connectivity index (χ1n) is 8.38. The van der Waals surface area contributed by atoms with Gasteiger partial charge in [-0.2, -0.15) is 0 Å². The minimum atomic E-state index is -0.168. The summed E-state index contributed by atoms with van der Waals surface area (Å²) in [7, 11) is 0. The van der Waals surface area contributed by atoms with Crippen molar-refractivity contribution in [2.45, 2.75) is 39.7 Å². The Hall–Kier alpha value is -2.43. The van der Waals surface area contributed by atoms with E-state index in [1.54, 1.807) is 6.07 Å². The van der Waals surface area contributed by atoms with Crippen LogP contribution in [0.15, 0.2) is 41.2 Å². The maximum Gasteiger partial charge on any atom is 0.255 e. The molecule has 1 heterocycles. The van der Waals surface area contributed by atoms with Crippen LogP contribution in [0.5, 0.6) is 11.5 Å². The van der Waals surface area contributed by atoms with Gasteiger partial charge in [0.15, 0.2) is 11.5 Å². The van der Waals surface area contributed by atoms with Gasteiger partial charge in [-0.15, -0.1) is 0 Å². The second-order valence-electron chi connectivity index (χ2n) is 5.61. The molecule has 2 rings (SSSR count). The zero-order valence-corrected chi connectivity index (χ0v) is 14.5. The SMILES string of the molecule is CCCOc1ccc(C(C)NC(=O)c2ccoc2)cc1OCCC. The summed E-state index contributed by atoms with van der Waals surface area (Å²) in [5.41, 5.74) is 1.47. The molecule has 0 aliphatic rings. The molecular formula is C19H25NO4. The summed E-state index contributed by atoms with van der Waals surface area (Å²) < 4.78 is 16.5. The van der Waals surface area contributed by atoms with Crippen LogP contribution in [0.1, 0.15) is 55.6 Å². The first-order valence-corrected chi connectivity index (χ1v) is 8.38. The van der Waals surface area contributed by atoms with E-state index in [1.165, 1.54) is 12.5 Å². The summed E-state index contributed by atoms with van der Waals surface area (Å²) in [6.07, 6.45) is 4.77. The van der Waals surface area contributed by atoms with Crippen LogP contribution in [0.2, 0.25) is 0 Å². The summed E-state index contributed by atoms with van der Waals surface area (Å²) in [5.74, 6) is 1.29. The molecule has 2 aromatic rings. The third-order valence-corrected chi connectivity index (χ3v) is 3.52. The first-order chi connectivity index (χ1) is 11.7. The molecular weight excluding hydrogens is 306 g/mol. The maximum atomic E-state index is 12.1. The van der Waals surface area contributed by atoms with Gasteiger partial charge in [0.05, 0.1) is 31.1 Å². The highest BCUT2D eigenvalue weighted by Crippen LogP contribution is 2.31. The predicted octanol–water partition coefficient (Wildman–Crippen LogP) is 4.35. The van der Waals surface area contributed by atoms with Gasteiger partial charge in [0.2, 0.25) is 0 Å². The van der Waals surface area contributed by atoms with E-state index in [1.807, 2.05) is 25.1 Å². The lowest BCUT2D eigenvalue weighted by Gasteiger charge is -2.17. The normalized spacial score (nSPS) is 11.8. The van der Waals surface area contributed by atoms with Gasteiger partial charge in [-0.1, -0.05) is 19.9 Å². The third-order valence-electron chi connectivity index (χ3n) is 3.52. The molecule has 0 aliphatic heterocycles. The molecule has 0 saturated carbocycles. The Morgan fingerprint density at radius 2 is 1.83 bits per heavy atom. The van der Waals surface area contributed by atoms with E-state index in [0.29, 0.717) is 24.5 Å². The standard InChI is InChI=1S/C19H25NO4/c1-4-9-23-17-7-6-15(12-18(17)24-10-5-2)14(3)20-19(21)16-8-11-22-13-16/h6-8,11-14H,4-5,9-10H2,1-3H3,(H,20,21). The molecule has 5 heteroatoms. The van der Waals surface area contributed by atoms with Crippen LogP contribution in [-0.2, 0) is 0 Å². The number of carbonyl (C=O) groups is 1. The fourth-order valence-corrected chi connectivity index (χ4v) is 2.21. The minimum absolute atomic E-state index is 0.156. The van der Waals surface area contributed by atoms with E-state index in [-0.39, 0.29) is 11.9 Å². The second kappa shape index (κ2) is 9.01. The zero-order chi connectivity index (χ0) is 17.4. The maximum absolute atomic E-state index is 12.1. The van der Waals surface area contributed by atoms with Gasteiger partial charge in [0.1, 0.15) is 6.26 Å². The Morgan fingerprint density at radius 1 is 1.12 bits per heavy atom. The van der Waals surface area contributed by atoms with Crippen molar-refractivity contribution in [1.29, 1.82) is 0 Å². The molecule has 1 aromatic carbocycles. The van der Waals surface area contributed by atoms with Crippen molar-refractivity contribution in [1.82, 2.24) is 5.32 Å². The third kappa shape index (κ3) is 4.78. The van der Waals surface area contributed by atoms with Crippen molar-refractivity contribution in [3.63, 3.8) is 0 Å². The fraction of sp³-hybridized carbons (Fsp3) is 0.421. The Morgan fingerprint density at radius 3 is 2.46 bits per heavy atom. The Kier molecular flexibility index (Phi) is 6.73. The highest BCUT2D eigenvalue weighted by atomic mass is 16.5. The average Bonchev–Trinajstić information content (AvgIpc) is 3.13. The van der Waals surface area contributed by atoms with Gasteiger partial charge in [-0.25, -0.2) is 0 Å². The highest BCUT2D eigenvalue weighted by molar-refractivity contribution is 5.94. The van der Waals surface area contributed by atoms with Crippen LogP contribution in [0.4, 0.5) is 0 Å². The molecule has 1 atom stereocenters. The number of nitrogens with one attached hydrogen (secondary N) is 1. The summed E-state index contributed by atoms with van der Waals surface area (Å²) in [6, 6.07) is 7.26. The van der Waals surface area contributed by atoms with Gasteiger partial charge < -0.3 is 19.2 Å². The van der Waals surface area contributed by atoms with Gasteiger partial charge in [-0.3, -0.25) is 4.79 Å². The average molecular weight is 331 g/mol. The van der Waals surface area contributed by atoms with E-state index in [2.05, 4.69) is 19.2 Å². The Labute approximate surface area is 143 Å². The van der Waals surface area contributed by atoms with Crippen LogP contribution >= 0.6 is 0 Å². The van der Waals surface area contributed by atoms with E-state index in [0.717, 1.165) is 24.2 Å². The number of hydrogen-bond acceptors (Lipinski definition) is 4. The smallest absolute Gasteiger partial charge is 0.255 e. The highest BCUT2D eigenvalue weighted by Gasteiger charge is 2.15. The van der Waals surface area contributed by atoms with Crippen LogP contribution in [-0.4, -0.2) is 19.1 Å². The van der Waals surface area contributed by atoms with Crippen LogP contribution < -0.4 is 14.8 Å². The molecule has 0 bridgehead atoms. The molecule has 1 N–H and O–H groups in total. The van der Waals surface area contributed by atoms with Crippen molar-refractivity contribution in [2.24, 2.45) is 0 Å². The lowest BCUT2D eigenvalue weighted by molar-refractivity contribution is 0.0939. The largest absolute Gasteiger partial charge is 0.490 e. The van der Waals surface area contributed by atoms with Gasteiger partial charge >= 0.3 is 0 Å². The summed E-state index contributed by atoms with van der Waals surface area (Å²) >= 11 is 0. The molecule has 0 radical (unpaired) electrons. The van der Waals surface area contributed by atoms with Crippen molar-refractivity contribution in [3.05, 3.63) is 47.9 Å². The number of benzene rings is 1. The molecule has 0 saturated heterocycles. The number of hydrogen-bond donors (Lipinski definition) is 1. The number of ether oxygens (including phenoxy) is 2.